The highest BCUT2D eigenvalue weighted by atomic mass is 32.2. The van der Waals surface area contributed by atoms with Crippen molar-refractivity contribution in [1.29, 1.82) is 0 Å². The van der Waals surface area contributed by atoms with Crippen molar-refractivity contribution in [3.8, 4) is 0 Å². The zero-order chi connectivity index (χ0) is 13.8. The Morgan fingerprint density at radius 2 is 1.85 bits per heavy atom. The van der Waals surface area contributed by atoms with E-state index in [-0.39, 0.29) is 0 Å². The molecule has 0 atom stereocenters. The maximum Gasteiger partial charge on any atom is 0.125 e. The standard InChI is InChI=1S/C17H16N2S/c1-18-17-9-6-13(11-19-17)12-20-16-8-7-14-4-2-3-5-15(14)10-16/h2-11H,12H2,1H3,(H,18,19). The van der Waals surface area contributed by atoms with E-state index >= 15 is 0 Å². The average molecular weight is 280 g/mol. The Labute approximate surface area is 123 Å². The van der Waals surface area contributed by atoms with E-state index in [0.717, 1.165) is 11.6 Å². The summed E-state index contributed by atoms with van der Waals surface area (Å²) in [5, 5.41) is 5.61. The molecule has 0 aliphatic carbocycles. The number of aromatic nitrogens is 1. The van der Waals surface area contributed by atoms with E-state index in [1.165, 1.54) is 21.2 Å². The molecule has 2 nitrogen and oxygen atoms in total. The molecule has 0 aliphatic heterocycles. The van der Waals surface area contributed by atoms with Gasteiger partial charge in [-0.3, -0.25) is 0 Å². The van der Waals surface area contributed by atoms with Crippen LogP contribution in [0.2, 0.25) is 0 Å². The van der Waals surface area contributed by atoms with Gasteiger partial charge in [-0.25, -0.2) is 4.98 Å². The van der Waals surface area contributed by atoms with Gasteiger partial charge in [0.2, 0.25) is 0 Å². The summed E-state index contributed by atoms with van der Waals surface area (Å²) in [7, 11) is 1.88. The van der Waals surface area contributed by atoms with Crippen LogP contribution >= 0.6 is 11.8 Å². The molecular formula is C17H16N2S. The van der Waals surface area contributed by atoms with Crippen LogP contribution in [0.25, 0.3) is 10.8 Å². The molecule has 0 aliphatic rings. The van der Waals surface area contributed by atoms with Gasteiger partial charge in [0.25, 0.3) is 0 Å². The second-order valence-electron chi connectivity index (χ2n) is 4.60. The second-order valence-corrected chi connectivity index (χ2v) is 5.65. The second kappa shape index (κ2) is 5.97. The summed E-state index contributed by atoms with van der Waals surface area (Å²) < 4.78 is 0. The van der Waals surface area contributed by atoms with Gasteiger partial charge in [-0.2, -0.15) is 0 Å². The number of pyridine rings is 1. The molecule has 0 saturated carbocycles. The van der Waals surface area contributed by atoms with Gasteiger partial charge in [0.15, 0.2) is 0 Å². The maximum atomic E-state index is 4.33. The van der Waals surface area contributed by atoms with Crippen LogP contribution in [0, 0.1) is 0 Å². The van der Waals surface area contributed by atoms with Crippen molar-refractivity contribution in [2.24, 2.45) is 0 Å². The predicted octanol–water partition coefficient (Wildman–Crippen LogP) is 4.57. The topological polar surface area (TPSA) is 24.9 Å². The summed E-state index contributed by atoms with van der Waals surface area (Å²) in [5.41, 5.74) is 1.24. The number of hydrogen-bond donors (Lipinski definition) is 1. The van der Waals surface area contributed by atoms with Gasteiger partial charge in [0.05, 0.1) is 0 Å². The largest absolute Gasteiger partial charge is 0.373 e. The van der Waals surface area contributed by atoms with Gasteiger partial charge in [0.1, 0.15) is 5.82 Å². The van der Waals surface area contributed by atoms with E-state index in [1.807, 2.05) is 31.1 Å². The summed E-state index contributed by atoms with van der Waals surface area (Å²) in [6, 6.07) is 19.2. The lowest BCUT2D eigenvalue weighted by Gasteiger charge is -2.05. The van der Waals surface area contributed by atoms with Crippen LogP contribution in [0.15, 0.2) is 65.7 Å². The molecule has 0 bridgehead atoms. The molecule has 0 amide bonds. The number of anilines is 1. The van der Waals surface area contributed by atoms with Crippen molar-refractivity contribution >= 4 is 28.4 Å². The number of rotatable bonds is 4. The first-order valence-corrected chi connectivity index (χ1v) is 7.58. The minimum Gasteiger partial charge on any atom is -0.373 e. The molecule has 1 heterocycles. The normalized spacial score (nSPS) is 10.7. The van der Waals surface area contributed by atoms with Crippen LogP contribution < -0.4 is 5.32 Å². The third kappa shape index (κ3) is 2.94. The number of nitrogens with one attached hydrogen (secondary N) is 1. The number of hydrogen-bond acceptors (Lipinski definition) is 3. The minimum absolute atomic E-state index is 0.907. The Bertz CT molecular complexity index is 708. The van der Waals surface area contributed by atoms with Gasteiger partial charge < -0.3 is 5.32 Å². The molecule has 0 radical (unpaired) electrons. The van der Waals surface area contributed by atoms with Gasteiger partial charge in [-0.15, -0.1) is 11.8 Å². The van der Waals surface area contributed by atoms with Crippen molar-refractivity contribution in [2.75, 3.05) is 12.4 Å². The van der Waals surface area contributed by atoms with Crippen LogP contribution in [0.5, 0.6) is 0 Å². The first kappa shape index (κ1) is 13.0. The molecule has 3 heteroatoms. The molecule has 0 unspecified atom stereocenters. The highest BCUT2D eigenvalue weighted by Gasteiger charge is 1.99. The molecule has 3 aromatic rings. The molecule has 20 heavy (non-hydrogen) atoms. The third-order valence-electron chi connectivity index (χ3n) is 3.21. The monoisotopic (exact) mass is 280 g/mol. The number of fused-ring (bicyclic) bond motifs is 1. The Hall–Kier alpha value is -2.00. The summed E-state index contributed by atoms with van der Waals surface area (Å²) >= 11 is 1.84. The van der Waals surface area contributed by atoms with Crippen LogP contribution in [0.1, 0.15) is 5.56 Å². The van der Waals surface area contributed by atoms with Gasteiger partial charge >= 0.3 is 0 Å². The first-order valence-electron chi connectivity index (χ1n) is 6.59. The highest BCUT2D eigenvalue weighted by molar-refractivity contribution is 7.98. The summed E-state index contributed by atoms with van der Waals surface area (Å²) in [5.74, 6) is 1.85. The van der Waals surface area contributed by atoms with Crippen molar-refractivity contribution in [1.82, 2.24) is 4.98 Å². The Kier molecular flexibility index (Phi) is 3.88. The molecule has 0 fully saturated rings. The van der Waals surface area contributed by atoms with E-state index in [9.17, 15) is 0 Å². The Morgan fingerprint density at radius 3 is 2.60 bits per heavy atom. The van der Waals surface area contributed by atoms with Crippen molar-refractivity contribution < 1.29 is 0 Å². The molecule has 0 spiro atoms. The lowest BCUT2D eigenvalue weighted by Crippen LogP contribution is -1.92. The molecule has 3 rings (SSSR count). The van der Waals surface area contributed by atoms with E-state index in [4.69, 9.17) is 0 Å². The number of benzene rings is 2. The van der Waals surface area contributed by atoms with E-state index < -0.39 is 0 Å². The Balaban J connectivity index is 1.72. The summed E-state index contributed by atoms with van der Waals surface area (Å²) in [4.78, 5) is 5.63. The van der Waals surface area contributed by atoms with E-state index in [2.05, 4.69) is 58.8 Å². The fraction of sp³-hybridized carbons (Fsp3) is 0.118. The van der Waals surface area contributed by atoms with Crippen LogP contribution in [-0.2, 0) is 5.75 Å². The molecule has 0 saturated heterocycles. The van der Waals surface area contributed by atoms with Gasteiger partial charge in [-0.1, -0.05) is 36.4 Å². The van der Waals surface area contributed by atoms with Crippen molar-refractivity contribution in [2.45, 2.75) is 10.6 Å². The molecular weight excluding hydrogens is 264 g/mol. The first-order chi connectivity index (χ1) is 9.85. The summed E-state index contributed by atoms with van der Waals surface area (Å²) in [6.45, 7) is 0. The third-order valence-corrected chi connectivity index (χ3v) is 4.27. The lowest BCUT2D eigenvalue weighted by molar-refractivity contribution is 1.23. The zero-order valence-corrected chi connectivity index (χ0v) is 12.2. The number of thioether (sulfide) groups is 1. The lowest BCUT2D eigenvalue weighted by atomic mass is 10.1. The van der Waals surface area contributed by atoms with E-state index in [0.29, 0.717) is 0 Å². The predicted molar refractivity (Wildman–Crippen MR) is 87.3 cm³/mol. The van der Waals surface area contributed by atoms with Crippen LogP contribution in [-0.4, -0.2) is 12.0 Å². The fourth-order valence-electron chi connectivity index (χ4n) is 2.08. The molecule has 1 aromatic heterocycles. The summed E-state index contributed by atoms with van der Waals surface area (Å²) in [6.07, 6.45) is 1.93. The fourth-order valence-corrected chi connectivity index (χ4v) is 2.96. The molecule has 2 aromatic carbocycles. The van der Waals surface area contributed by atoms with Crippen LogP contribution in [0.4, 0.5) is 5.82 Å². The number of nitrogens with zero attached hydrogens (tertiary/aromatic N) is 1. The molecule has 100 valence electrons. The van der Waals surface area contributed by atoms with Crippen molar-refractivity contribution in [3.63, 3.8) is 0 Å². The minimum atomic E-state index is 0.907. The quantitative estimate of drug-likeness (QED) is 0.709. The Morgan fingerprint density at radius 1 is 1.00 bits per heavy atom. The maximum absolute atomic E-state index is 4.33. The SMILES string of the molecule is CNc1ccc(CSc2ccc3ccccc3c2)cn1. The smallest absolute Gasteiger partial charge is 0.125 e. The van der Waals surface area contributed by atoms with Gasteiger partial charge in [-0.05, 0) is 34.5 Å². The van der Waals surface area contributed by atoms with Gasteiger partial charge in [0, 0.05) is 23.9 Å². The van der Waals surface area contributed by atoms with E-state index in [1.54, 1.807) is 0 Å². The average Bonchev–Trinajstić information content (AvgIpc) is 2.53. The highest BCUT2D eigenvalue weighted by Crippen LogP contribution is 2.26. The van der Waals surface area contributed by atoms with Crippen LogP contribution in [0.3, 0.4) is 0 Å². The zero-order valence-electron chi connectivity index (χ0n) is 11.3. The molecule has 1 N–H and O–H groups in total. The van der Waals surface area contributed by atoms with Crippen molar-refractivity contribution in [3.05, 3.63) is 66.4 Å².